The number of hydrogen-bond acceptors (Lipinski definition) is 2. The van der Waals surface area contributed by atoms with Gasteiger partial charge >= 0.3 is 0 Å². The number of ether oxygens (including phenoxy) is 1. The average Bonchev–Trinajstić information content (AvgIpc) is 2.18. The molecule has 1 atom stereocenters. The third-order valence-electron chi connectivity index (χ3n) is 1.63. The number of alkyl halides is 1. The maximum atomic E-state index is 10.4. The van der Waals surface area contributed by atoms with Crippen molar-refractivity contribution in [2.24, 2.45) is 0 Å². The summed E-state index contributed by atoms with van der Waals surface area (Å²) in [6.07, 6.45) is 0.857. The predicted molar refractivity (Wildman–Crippen MR) is 55.3 cm³/mol. The third-order valence-corrected chi connectivity index (χ3v) is 2.37. The molecule has 0 aromatic heterocycles. The van der Waals surface area contributed by atoms with Crippen LogP contribution >= 0.6 is 15.9 Å². The molecule has 0 spiro atoms. The van der Waals surface area contributed by atoms with Gasteiger partial charge in [0.05, 0.1) is 11.4 Å². The van der Waals surface area contributed by atoms with E-state index < -0.39 is 0 Å². The van der Waals surface area contributed by atoms with E-state index in [0.717, 1.165) is 17.6 Å². The minimum absolute atomic E-state index is 0.219. The normalized spacial score (nSPS) is 12.2. The van der Waals surface area contributed by atoms with E-state index >= 15 is 0 Å². The molecule has 70 valence electrons. The molecule has 0 fully saturated rings. The van der Waals surface area contributed by atoms with E-state index in [1.807, 2.05) is 31.2 Å². The quantitative estimate of drug-likeness (QED) is 0.600. The largest absolute Gasteiger partial charge is 0.494 e. The summed E-state index contributed by atoms with van der Waals surface area (Å²) < 4.78 is 5.27. The van der Waals surface area contributed by atoms with Gasteiger partial charge in [0.1, 0.15) is 12.0 Å². The molecule has 3 heteroatoms. The van der Waals surface area contributed by atoms with Crippen molar-refractivity contribution in [2.75, 3.05) is 6.61 Å². The first-order chi connectivity index (χ1) is 6.27. The fourth-order valence-corrected chi connectivity index (χ4v) is 1.30. The Balaban J connectivity index is 2.74. The van der Waals surface area contributed by atoms with Gasteiger partial charge in [0, 0.05) is 0 Å². The molecule has 0 amide bonds. The summed E-state index contributed by atoms with van der Waals surface area (Å²) in [6.45, 7) is 2.59. The molecule has 2 nitrogen and oxygen atoms in total. The van der Waals surface area contributed by atoms with E-state index in [1.165, 1.54) is 0 Å². The Bertz CT molecular complexity index is 269. The van der Waals surface area contributed by atoms with Crippen molar-refractivity contribution in [1.82, 2.24) is 0 Å². The van der Waals surface area contributed by atoms with Crippen molar-refractivity contribution in [3.05, 3.63) is 29.8 Å². The van der Waals surface area contributed by atoms with Gasteiger partial charge in [0.15, 0.2) is 0 Å². The Morgan fingerprint density at radius 3 is 2.54 bits per heavy atom. The summed E-state index contributed by atoms with van der Waals surface area (Å²) in [4.78, 5) is 10.2. The van der Waals surface area contributed by atoms with Crippen molar-refractivity contribution >= 4 is 22.2 Å². The van der Waals surface area contributed by atoms with Gasteiger partial charge in [-0.25, -0.2) is 0 Å². The Hall–Kier alpha value is -0.830. The SMILES string of the molecule is CCOc1ccc(C(Br)C=O)cc1. The highest BCUT2D eigenvalue weighted by Gasteiger charge is 2.04. The van der Waals surface area contributed by atoms with E-state index in [2.05, 4.69) is 15.9 Å². The lowest BCUT2D eigenvalue weighted by Crippen LogP contribution is -1.93. The van der Waals surface area contributed by atoms with E-state index in [4.69, 9.17) is 4.74 Å². The molecule has 0 bridgehead atoms. The summed E-state index contributed by atoms with van der Waals surface area (Å²) in [5.41, 5.74) is 0.943. The molecule has 1 rings (SSSR count). The highest BCUT2D eigenvalue weighted by atomic mass is 79.9. The van der Waals surface area contributed by atoms with Crippen LogP contribution in [0.2, 0.25) is 0 Å². The van der Waals surface area contributed by atoms with Crippen LogP contribution in [0.1, 0.15) is 17.3 Å². The summed E-state index contributed by atoms with van der Waals surface area (Å²) in [7, 11) is 0. The van der Waals surface area contributed by atoms with Crippen LogP contribution in [-0.4, -0.2) is 12.9 Å². The standard InChI is InChI=1S/C10H11BrO2/c1-2-13-9-5-3-8(4-6-9)10(11)7-12/h3-7,10H,2H2,1H3. The molecule has 0 saturated carbocycles. The number of benzene rings is 1. The summed E-state index contributed by atoms with van der Waals surface area (Å²) in [5.74, 6) is 0.830. The van der Waals surface area contributed by atoms with E-state index in [9.17, 15) is 4.79 Å². The molecule has 0 aliphatic rings. The van der Waals surface area contributed by atoms with Gasteiger partial charge in [-0.2, -0.15) is 0 Å². The molecule has 0 aliphatic carbocycles. The van der Waals surface area contributed by atoms with Crippen molar-refractivity contribution in [2.45, 2.75) is 11.8 Å². The zero-order valence-electron chi connectivity index (χ0n) is 7.37. The van der Waals surface area contributed by atoms with Crippen molar-refractivity contribution in [1.29, 1.82) is 0 Å². The van der Waals surface area contributed by atoms with E-state index in [1.54, 1.807) is 0 Å². The zero-order valence-corrected chi connectivity index (χ0v) is 8.95. The first kappa shape index (κ1) is 10.3. The predicted octanol–water partition coefficient (Wildman–Crippen LogP) is 2.72. The summed E-state index contributed by atoms with van der Waals surface area (Å²) in [6, 6.07) is 7.46. The highest BCUT2D eigenvalue weighted by molar-refractivity contribution is 9.09. The Labute approximate surface area is 86.0 Å². The number of hydrogen-bond donors (Lipinski definition) is 0. The highest BCUT2D eigenvalue weighted by Crippen LogP contribution is 2.22. The second-order valence-electron chi connectivity index (χ2n) is 2.54. The molecule has 1 unspecified atom stereocenters. The fraction of sp³-hybridized carbons (Fsp3) is 0.300. The molecule has 13 heavy (non-hydrogen) atoms. The smallest absolute Gasteiger partial charge is 0.138 e. The Morgan fingerprint density at radius 1 is 1.46 bits per heavy atom. The van der Waals surface area contributed by atoms with Gasteiger partial charge in [0.25, 0.3) is 0 Å². The molecule has 0 heterocycles. The number of aldehydes is 1. The van der Waals surface area contributed by atoms with E-state index in [-0.39, 0.29) is 4.83 Å². The van der Waals surface area contributed by atoms with Gasteiger partial charge in [-0.3, -0.25) is 0 Å². The molecule has 0 N–H and O–H groups in total. The minimum Gasteiger partial charge on any atom is -0.494 e. The zero-order chi connectivity index (χ0) is 9.68. The van der Waals surface area contributed by atoms with Gasteiger partial charge in [0.2, 0.25) is 0 Å². The number of rotatable bonds is 4. The maximum Gasteiger partial charge on any atom is 0.138 e. The average molecular weight is 243 g/mol. The molecular formula is C10H11BrO2. The van der Waals surface area contributed by atoms with Crippen LogP contribution in [0, 0.1) is 0 Å². The van der Waals surface area contributed by atoms with Crippen LogP contribution in [0.5, 0.6) is 5.75 Å². The Morgan fingerprint density at radius 2 is 2.08 bits per heavy atom. The van der Waals surface area contributed by atoms with Crippen LogP contribution in [0.15, 0.2) is 24.3 Å². The van der Waals surface area contributed by atoms with Crippen molar-refractivity contribution in [3.63, 3.8) is 0 Å². The van der Waals surface area contributed by atoms with Gasteiger partial charge in [-0.1, -0.05) is 28.1 Å². The maximum absolute atomic E-state index is 10.4. The third kappa shape index (κ3) is 2.84. The minimum atomic E-state index is -0.219. The first-order valence-electron chi connectivity index (χ1n) is 4.10. The number of halogens is 1. The van der Waals surface area contributed by atoms with Crippen LogP contribution in [0.25, 0.3) is 0 Å². The monoisotopic (exact) mass is 242 g/mol. The number of carbonyl (C=O) groups excluding carboxylic acids is 1. The second-order valence-corrected chi connectivity index (χ2v) is 3.53. The molecule has 0 radical (unpaired) electrons. The van der Waals surface area contributed by atoms with Gasteiger partial charge in [-0.15, -0.1) is 0 Å². The summed E-state index contributed by atoms with van der Waals surface area (Å²) in [5, 5.41) is 0. The molecular weight excluding hydrogens is 232 g/mol. The lowest BCUT2D eigenvalue weighted by Gasteiger charge is -2.05. The van der Waals surface area contributed by atoms with Gasteiger partial charge in [-0.05, 0) is 24.6 Å². The molecule has 1 aromatic rings. The van der Waals surface area contributed by atoms with Crippen LogP contribution in [0.4, 0.5) is 0 Å². The molecule has 1 aromatic carbocycles. The number of carbonyl (C=O) groups is 1. The van der Waals surface area contributed by atoms with Crippen LogP contribution in [-0.2, 0) is 4.79 Å². The van der Waals surface area contributed by atoms with Crippen molar-refractivity contribution in [3.8, 4) is 5.75 Å². The first-order valence-corrected chi connectivity index (χ1v) is 5.01. The Kier molecular flexibility index (Phi) is 3.96. The van der Waals surface area contributed by atoms with E-state index in [0.29, 0.717) is 6.61 Å². The molecule has 0 aliphatic heterocycles. The summed E-state index contributed by atoms with van der Waals surface area (Å²) >= 11 is 3.24. The second kappa shape index (κ2) is 5.02. The van der Waals surface area contributed by atoms with Gasteiger partial charge < -0.3 is 9.53 Å². The van der Waals surface area contributed by atoms with Crippen LogP contribution < -0.4 is 4.74 Å². The lowest BCUT2D eigenvalue weighted by atomic mass is 10.2. The fourth-order valence-electron chi connectivity index (χ4n) is 0.993. The van der Waals surface area contributed by atoms with Crippen LogP contribution in [0.3, 0.4) is 0 Å². The van der Waals surface area contributed by atoms with Crippen molar-refractivity contribution < 1.29 is 9.53 Å². The topological polar surface area (TPSA) is 26.3 Å². The lowest BCUT2D eigenvalue weighted by molar-refractivity contribution is -0.107. The molecule has 0 saturated heterocycles.